The van der Waals surface area contributed by atoms with Gasteiger partial charge in [-0.2, -0.15) is 18.3 Å². The number of alkyl halides is 3. The Labute approximate surface area is 151 Å². The predicted molar refractivity (Wildman–Crippen MR) is 92.1 cm³/mol. The number of aromatic nitrogens is 2. The quantitative estimate of drug-likeness (QED) is 0.865. The molecule has 2 heterocycles. The molecule has 0 spiro atoms. The number of fused-ring (bicyclic) bond motifs is 1. The average molecular weight is 372 g/mol. The van der Waals surface area contributed by atoms with Crippen molar-refractivity contribution in [3.8, 4) is 0 Å². The Kier molecular flexibility index (Phi) is 5.60. The summed E-state index contributed by atoms with van der Waals surface area (Å²) in [5.74, 6) is 0.313. The van der Waals surface area contributed by atoms with E-state index in [-0.39, 0.29) is 11.9 Å². The molecule has 1 aliphatic carbocycles. The van der Waals surface area contributed by atoms with E-state index in [1.165, 1.54) is 0 Å². The number of nitrogens with one attached hydrogen (secondary N) is 1. The van der Waals surface area contributed by atoms with E-state index in [1.807, 2.05) is 9.58 Å². The van der Waals surface area contributed by atoms with Crippen LogP contribution in [0.3, 0.4) is 0 Å². The number of nitrogens with zero attached hydrogens (tertiary/aromatic N) is 3. The van der Waals surface area contributed by atoms with Crippen LogP contribution in [-0.4, -0.2) is 52.4 Å². The van der Waals surface area contributed by atoms with Crippen LogP contribution in [-0.2, 0) is 19.4 Å². The molecule has 0 aromatic carbocycles. The number of halogens is 3. The van der Waals surface area contributed by atoms with Crippen LogP contribution in [0.5, 0.6) is 0 Å². The van der Waals surface area contributed by atoms with Crippen LogP contribution < -0.4 is 5.32 Å². The molecule has 1 saturated heterocycles. The lowest BCUT2D eigenvalue weighted by molar-refractivity contribution is -0.126. The molecule has 0 saturated carbocycles. The summed E-state index contributed by atoms with van der Waals surface area (Å²) in [5, 5.41) is 7.20. The van der Waals surface area contributed by atoms with Crippen LogP contribution in [0.4, 0.5) is 13.2 Å². The Morgan fingerprint density at radius 2 is 2.00 bits per heavy atom. The maximum absolute atomic E-state index is 12.9. The van der Waals surface area contributed by atoms with Gasteiger partial charge in [-0.1, -0.05) is 13.8 Å². The number of hydrogen-bond donors (Lipinski definition) is 1. The molecule has 8 heteroatoms. The minimum Gasteiger partial charge on any atom is -0.337 e. The zero-order valence-corrected chi connectivity index (χ0v) is 15.4. The summed E-state index contributed by atoms with van der Waals surface area (Å²) in [6.45, 7) is 5.37. The van der Waals surface area contributed by atoms with Crippen molar-refractivity contribution >= 4 is 5.91 Å². The molecule has 1 N–H and O–H groups in total. The summed E-state index contributed by atoms with van der Waals surface area (Å²) in [4.78, 5) is 14.7. The number of rotatable bonds is 5. The zero-order chi connectivity index (χ0) is 18.9. The van der Waals surface area contributed by atoms with Crippen LogP contribution in [0.15, 0.2) is 0 Å². The third kappa shape index (κ3) is 4.39. The molecule has 0 unspecified atom stereocenters. The molecule has 1 fully saturated rings. The number of carbonyl (C=O) groups is 1. The van der Waals surface area contributed by atoms with E-state index in [9.17, 15) is 18.0 Å². The normalized spacial score (nSPS) is 20.7. The van der Waals surface area contributed by atoms with Crippen molar-refractivity contribution in [3.05, 3.63) is 17.0 Å². The first-order valence-electron chi connectivity index (χ1n) is 9.42. The molecule has 2 aliphatic rings. The Morgan fingerprint density at radius 1 is 1.31 bits per heavy atom. The molecule has 3 rings (SSSR count). The first-order valence-corrected chi connectivity index (χ1v) is 9.42. The second-order valence-corrected chi connectivity index (χ2v) is 7.78. The Hall–Kier alpha value is -1.57. The molecule has 0 radical (unpaired) electrons. The lowest BCUT2D eigenvalue weighted by Crippen LogP contribution is -2.41. The number of hydrogen-bond acceptors (Lipinski definition) is 3. The number of carbonyl (C=O) groups excluding carboxylic acids is 1. The summed E-state index contributed by atoms with van der Waals surface area (Å²) >= 11 is 0. The lowest BCUT2D eigenvalue weighted by atomic mass is 9.91. The lowest BCUT2D eigenvalue weighted by Gasteiger charge is -2.25. The van der Waals surface area contributed by atoms with Crippen LogP contribution in [0, 0.1) is 5.92 Å². The second kappa shape index (κ2) is 7.58. The van der Waals surface area contributed by atoms with E-state index in [4.69, 9.17) is 0 Å². The third-order valence-electron chi connectivity index (χ3n) is 5.07. The molecule has 26 heavy (non-hydrogen) atoms. The number of amides is 1. The highest BCUT2D eigenvalue weighted by atomic mass is 19.4. The standard InChI is InChI=1S/C18H27F3N4O/c1-12(2)10-25-15-6-5-13(22-11-18(19,20)21)9-14(15)16(23-25)17(26)24-7-3-4-8-24/h12-13,22H,3-11H2,1-2H3/t13-/m0/s1. The summed E-state index contributed by atoms with van der Waals surface area (Å²) in [5.41, 5.74) is 2.31. The van der Waals surface area contributed by atoms with E-state index in [0.29, 0.717) is 30.9 Å². The minimum absolute atomic E-state index is 0.0715. The van der Waals surface area contributed by atoms with Crippen LogP contribution in [0.2, 0.25) is 0 Å². The molecular weight excluding hydrogens is 345 g/mol. The topological polar surface area (TPSA) is 50.2 Å². The predicted octanol–water partition coefficient (Wildman–Crippen LogP) is 2.78. The minimum atomic E-state index is -4.23. The third-order valence-corrected chi connectivity index (χ3v) is 5.07. The van der Waals surface area contributed by atoms with Crippen molar-refractivity contribution < 1.29 is 18.0 Å². The highest BCUT2D eigenvalue weighted by molar-refractivity contribution is 5.94. The smallest absolute Gasteiger partial charge is 0.337 e. The first kappa shape index (κ1) is 19.2. The van der Waals surface area contributed by atoms with Crippen molar-refractivity contribution in [1.82, 2.24) is 20.0 Å². The molecular formula is C18H27F3N4O. The summed E-state index contributed by atoms with van der Waals surface area (Å²) in [6, 6.07) is -0.272. The van der Waals surface area contributed by atoms with Gasteiger partial charge in [0.1, 0.15) is 0 Å². The van der Waals surface area contributed by atoms with Gasteiger partial charge >= 0.3 is 6.18 Å². The van der Waals surface area contributed by atoms with Crippen molar-refractivity contribution in [1.29, 1.82) is 0 Å². The molecule has 1 aromatic rings. The van der Waals surface area contributed by atoms with E-state index < -0.39 is 12.7 Å². The second-order valence-electron chi connectivity index (χ2n) is 7.78. The van der Waals surface area contributed by atoms with Crippen molar-refractivity contribution in [2.24, 2.45) is 5.92 Å². The van der Waals surface area contributed by atoms with E-state index in [1.54, 1.807) is 0 Å². The molecule has 1 atom stereocenters. The summed E-state index contributed by atoms with van der Waals surface area (Å²) < 4.78 is 39.5. The fraction of sp³-hybridized carbons (Fsp3) is 0.778. The van der Waals surface area contributed by atoms with Crippen molar-refractivity contribution in [3.63, 3.8) is 0 Å². The molecule has 0 bridgehead atoms. The van der Waals surface area contributed by atoms with Crippen molar-refractivity contribution in [2.45, 2.75) is 64.7 Å². The highest BCUT2D eigenvalue weighted by Gasteiger charge is 2.34. The van der Waals surface area contributed by atoms with Gasteiger partial charge in [0.2, 0.25) is 0 Å². The maximum atomic E-state index is 12.9. The summed E-state index contributed by atoms with van der Waals surface area (Å²) in [6.07, 6.45) is -0.524. The Balaban J connectivity index is 1.83. The van der Waals surface area contributed by atoms with Gasteiger partial charge in [-0.15, -0.1) is 0 Å². The first-order chi connectivity index (χ1) is 12.2. The van der Waals surface area contributed by atoms with E-state index >= 15 is 0 Å². The van der Waals surface area contributed by atoms with Crippen LogP contribution in [0.25, 0.3) is 0 Å². The fourth-order valence-corrected chi connectivity index (χ4v) is 3.86. The van der Waals surface area contributed by atoms with Gasteiger partial charge in [0.25, 0.3) is 5.91 Å². The average Bonchev–Trinajstić information content (AvgIpc) is 3.19. The maximum Gasteiger partial charge on any atom is 0.401 e. The Bertz CT molecular complexity index is 648. The van der Waals surface area contributed by atoms with Gasteiger partial charge in [0, 0.05) is 36.9 Å². The van der Waals surface area contributed by atoms with Gasteiger partial charge in [-0.05, 0) is 38.0 Å². The van der Waals surface area contributed by atoms with Crippen molar-refractivity contribution in [2.75, 3.05) is 19.6 Å². The monoisotopic (exact) mass is 372 g/mol. The van der Waals surface area contributed by atoms with Crippen LogP contribution >= 0.6 is 0 Å². The molecule has 146 valence electrons. The molecule has 1 aromatic heterocycles. The summed E-state index contributed by atoms with van der Waals surface area (Å²) in [7, 11) is 0. The van der Waals surface area contributed by atoms with Crippen LogP contribution in [0.1, 0.15) is 54.9 Å². The van der Waals surface area contributed by atoms with Gasteiger partial charge in [-0.3, -0.25) is 9.48 Å². The van der Waals surface area contributed by atoms with E-state index in [0.717, 1.165) is 43.7 Å². The molecule has 1 aliphatic heterocycles. The van der Waals surface area contributed by atoms with Gasteiger partial charge in [-0.25, -0.2) is 0 Å². The zero-order valence-electron chi connectivity index (χ0n) is 15.4. The molecule has 1 amide bonds. The largest absolute Gasteiger partial charge is 0.401 e. The van der Waals surface area contributed by atoms with Gasteiger partial charge in [0.05, 0.1) is 6.54 Å². The Morgan fingerprint density at radius 3 is 2.62 bits per heavy atom. The number of likely N-dealkylation sites (tertiary alicyclic amines) is 1. The molecule has 5 nitrogen and oxygen atoms in total. The van der Waals surface area contributed by atoms with E-state index in [2.05, 4.69) is 24.3 Å². The van der Waals surface area contributed by atoms with Gasteiger partial charge < -0.3 is 10.2 Å². The van der Waals surface area contributed by atoms with Gasteiger partial charge in [0.15, 0.2) is 5.69 Å². The SMILES string of the molecule is CC(C)Cn1nc(C(=O)N2CCCC2)c2c1CC[C@H](NCC(F)(F)F)C2. The fourth-order valence-electron chi connectivity index (χ4n) is 3.86. The highest BCUT2D eigenvalue weighted by Crippen LogP contribution is 2.28.